The number of nitrogens with zero attached hydrogens (tertiary/aromatic N) is 9. The standard InChI is InChI=1S/C37H40N10O3.H2S/c1-23-17-43(27-20-50-21-27)8-9-44(23)26-4-5-33(39-16-26)42-30-12-25(18-47-35(30)40-22-41-47)28-6-7-38-34(29(28)19-48)46-11-10-45-31(36(46)49)13-24-14-37(2,3)15-32(24)45;/h4-7,10-13,16,18,22-23,27,48H,8-9,14-15,17,19-21H2,1-3H3,(H,39,42);1H2/t23-;/m0./s1. The lowest BCUT2D eigenvalue weighted by atomic mass is 9.90. The molecule has 0 unspecified atom stereocenters. The highest BCUT2D eigenvalue weighted by molar-refractivity contribution is 7.59. The second-order valence-electron chi connectivity index (χ2n) is 14.6. The van der Waals surface area contributed by atoms with Crippen molar-refractivity contribution in [2.24, 2.45) is 5.41 Å². The van der Waals surface area contributed by atoms with Crippen LogP contribution in [-0.2, 0) is 24.2 Å². The van der Waals surface area contributed by atoms with Crippen LogP contribution in [0.3, 0.4) is 0 Å². The number of hydrogen-bond acceptors (Lipinski definition) is 10. The maximum absolute atomic E-state index is 13.9. The molecule has 0 aromatic carbocycles. The molecule has 6 aromatic heterocycles. The third-order valence-corrected chi connectivity index (χ3v) is 10.6. The lowest BCUT2D eigenvalue weighted by Crippen LogP contribution is -2.59. The average molecular weight is 707 g/mol. The smallest absolute Gasteiger partial charge is 0.280 e. The number of aliphatic hydroxyl groups is 1. The lowest BCUT2D eigenvalue weighted by Gasteiger charge is -2.46. The third-order valence-electron chi connectivity index (χ3n) is 10.6. The summed E-state index contributed by atoms with van der Waals surface area (Å²) < 4.78 is 10.6. The summed E-state index contributed by atoms with van der Waals surface area (Å²) in [6.07, 6.45) is 12.5. The highest BCUT2D eigenvalue weighted by Crippen LogP contribution is 2.38. The molecule has 0 bridgehead atoms. The predicted molar refractivity (Wildman–Crippen MR) is 201 cm³/mol. The fraction of sp³-hybridized carbons (Fsp3) is 0.378. The van der Waals surface area contributed by atoms with Gasteiger partial charge >= 0.3 is 0 Å². The van der Waals surface area contributed by atoms with Crippen molar-refractivity contribution in [3.63, 3.8) is 0 Å². The molecule has 2 fully saturated rings. The zero-order valence-corrected chi connectivity index (χ0v) is 30.0. The minimum atomic E-state index is -0.315. The molecule has 2 saturated heterocycles. The van der Waals surface area contributed by atoms with E-state index in [1.54, 1.807) is 16.9 Å². The Kier molecular flexibility index (Phi) is 8.37. The first-order valence-corrected chi connectivity index (χ1v) is 17.3. The maximum Gasteiger partial charge on any atom is 0.280 e. The summed E-state index contributed by atoms with van der Waals surface area (Å²) in [5.41, 5.74) is 7.49. The SMILES string of the molecule is C[C@H]1CN(C2COC2)CCN1c1ccc(Nc2cc(-c3ccnc(-n4ccn5c6c(cc5c4=O)CC(C)(C)C6)c3CO)cn3ncnc23)nc1.S. The first-order chi connectivity index (χ1) is 24.3. The Morgan fingerprint density at radius 3 is 2.67 bits per heavy atom. The van der Waals surface area contributed by atoms with Crippen molar-refractivity contribution >= 4 is 41.9 Å². The average Bonchev–Trinajstić information content (AvgIpc) is 3.77. The Morgan fingerprint density at radius 1 is 1.06 bits per heavy atom. The van der Waals surface area contributed by atoms with Crippen molar-refractivity contribution in [1.82, 2.24) is 38.4 Å². The Balaban J connectivity index is 0.00000374. The molecule has 9 rings (SSSR count). The number of fused-ring (bicyclic) bond motifs is 4. The number of anilines is 3. The molecule has 13 nitrogen and oxygen atoms in total. The number of pyridine rings is 3. The van der Waals surface area contributed by atoms with Crippen LogP contribution >= 0.6 is 13.5 Å². The molecule has 14 heteroatoms. The van der Waals surface area contributed by atoms with Crippen molar-refractivity contribution in [3.8, 4) is 16.9 Å². The first-order valence-electron chi connectivity index (χ1n) is 17.3. The van der Waals surface area contributed by atoms with Crippen molar-refractivity contribution in [2.75, 3.05) is 43.1 Å². The Morgan fingerprint density at radius 2 is 1.92 bits per heavy atom. The van der Waals surface area contributed by atoms with E-state index in [4.69, 9.17) is 9.72 Å². The molecule has 2 aliphatic heterocycles. The lowest BCUT2D eigenvalue weighted by molar-refractivity contribution is -0.0691. The van der Waals surface area contributed by atoms with E-state index in [-0.39, 0.29) is 31.1 Å². The quantitative estimate of drug-likeness (QED) is 0.252. The van der Waals surface area contributed by atoms with E-state index >= 15 is 0 Å². The van der Waals surface area contributed by atoms with Crippen LogP contribution < -0.4 is 15.8 Å². The normalized spacial score (nSPS) is 18.9. The molecular weight excluding hydrogens is 665 g/mol. The van der Waals surface area contributed by atoms with E-state index in [1.807, 2.05) is 47.3 Å². The highest BCUT2D eigenvalue weighted by atomic mass is 32.1. The number of aromatic nitrogens is 7. The van der Waals surface area contributed by atoms with Crippen LogP contribution in [0, 0.1) is 5.41 Å². The van der Waals surface area contributed by atoms with Gasteiger partial charge in [-0.15, -0.1) is 0 Å². The number of piperazine rings is 1. The molecular formula is C37H42N10O3S. The summed E-state index contributed by atoms with van der Waals surface area (Å²) in [7, 11) is 0. The van der Waals surface area contributed by atoms with Gasteiger partial charge in [-0.1, -0.05) is 13.8 Å². The molecule has 6 aromatic rings. The highest BCUT2D eigenvalue weighted by Gasteiger charge is 2.33. The minimum absolute atomic E-state index is 0. The van der Waals surface area contributed by atoms with Gasteiger partial charge in [0.25, 0.3) is 5.56 Å². The van der Waals surface area contributed by atoms with Crippen molar-refractivity contribution < 1.29 is 9.84 Å². The number of hydrogen-bond donors (Lipinski definition) is 2. The van der Waals surface area contributed by atoms with E-state index in [2.05, 4.69) is 57.0 Å². The van der Waals surface area contributed by atoms with E-state index in [9.17, 15) is 9.90 Å². The summed E-state index contributed by atoms with van der Waals surface area (Å²) in [5.74, 6) is 1.06. The van der Waals surface area contributed by atoms with Gasteiger partial charge in [0, 0.05) is 67.3 Å². The van der Waals surface area contributed by atoms with Gasteiger partial charge in [0.2, 0.25) is 0 Å². The molecule has 8 heterocycles. The molecule has 2 N–H and O–H groups in total. The Labute approximate surface area is 302 Å². The second kappa shape index (κ2) is 12.8. The second-order valence-corrected chi connectivity index (χ2v) is 14.6. The van der Waals surface area contributed by atoms with Crippen LogP contribution in [0.5, 0.6) is 0 Å². The fourth-order valence-electron chi connectivity index (χ4n) is 8.01. The van der Waals surface area contributed by atoms with Gasteiger partial charge in [-0.2, -0.15) is 18.6 Å². The van der Waals surface area contributed by atoms with Gasteiger partial charge in [0.05, 0.1) is 43.4 Å². The van der Waals surface area contributed by atoms with E-state index in [0.717, 1.165) is 62.5 Å². The molecule has 3 aliphatic rings. The van der Waals surface area contributed by atoms with Crippen LogP contribution in [0.1, 0.15) is 37.6 Å². The molecule has 0 spiro atoms. The summed E-state index contributed by atoms with van der Waals surface area (Å²) in [5, 5.41) is 18.6. The van der Waals surface area contributed by atoms with Crippen LogP contribution in [0.15, 0.2) is 72.4 Å². The van der Waals surface area contributed by atoms with Crippen LogP contribution in [0.2, 0.25) is 0 Å². The van der Waals surface area contributed by atoms with E-state index in [0.29, 0.717) is 46.1 Å². The van der Waals surface area contributed by atoms with Crippen LogP contribution in [0.25, 0.3) is 28.1 Å². The number of aliphatic hydroxyl groups excluding tert-OH is 1. The van der Waals surface area contributed by atoms with Gasteiger partial charge in [0.1, 0.15) is 23.5 Å². The molecule has 1 aliphatic carbocycles. The molecule has 0 saturated carbocycles. The minimum Gasteiger partial charge on any atom is -0.392 e. The van der Waals surface area contributed by atoms with Crippen LogP contribution in [0.4, 0.5) is 17.2 Å². The molecule has 264 valence electrons. The summed E-state index contributed by atoms with van der Waals surface area (Å²) in [6, 6.07) is 10.8. The number of rotatable bonds is 7. The topological polar surface area (TPSA) is 130 Å². The third kappa shape index (κ3) is 5.75. The van der Waals surface area contributed by atoms with Crippen LogP contribution in [-0.4, -0.2) is 88.5 Å². The molecule has 51 heavy (non-hydrogen) atoms. The summed E-state index contributed by atoms with van der Waals surface area (Å²) in [6.45, 7) is 11.1. The van der Waals surface area contributed by atoms with Gasteiger partial charge in [-0.05, 0) is 66.6 Å². The monoisotopic (exact) mass is 706 g/mol. The number of nitrogens with one attached hydrogen (secondary N) is 1. The fourth-order valence-corrected chi connectivity index (χ4v) is 8.01. The largest absolute Gasteiger partial charge is 0.392 e. The van der Waals surface area contributed by atoms with Crippen molar-refractivity contribution in [2.45, 2.75) is 52.3 Å². The van der Waals surface area contributed by atoms with Gasteiger partial charge in [0.15, 0.2) is 5.65 Å². The summed E-state index contributed by atoms with van der Waals surface area (Å²) in [4.78, 5) is 32.7. The Bertz CT molecular complexity index is 2310. The Hall–Kier alpha value is -4.76. The van der Waals surface area contributed by atoms with Gasteiger partial charge < -0.3 is 24.5 Å². The predicted octanol–water partition coefficient (Wildman–Crippen LogP) is 3.97. The molecule has 0 radical (unpaired) electrons. The number of ether oxygens (including phenoxy) is 1. The zero-order chi connectivity index (χ0) is 34.1. The van der Waals surface area contributed by atoms with Crippen molar-refractivity contribution in [3.05, 3.63) is 94.8 Å². The first kappa shape index (κ1) is 33.4. The van der Waals surface area contributed by atoms with Crippen molar-refractivity contribution in [1.29, 1.82) is 0 Å². The molecule has 1 atom stereocenters. The zero-order valence-electron chi connectivity index (χ0n) is 29.0. The van der Waals surface area contributed by atoms with Gasteiger partial charge in [-0.3, -0.25) is 14.3 Å². The molecule has 0 amide bonds. The van der Waals surface area contributed by atoms with Gasteiger partial charge in [-0.25, -0.2) is 19.5 Å². The maximum atomic E-state index is 13.9. The summed E-state index contributed by atoms with van der Waals surface area (Å²) >= 11 is 0. The van der Waals surface area contributed by atoms with E-state index < -0.39 is 0 Å². The van der Waals surface area contributed by atoms with E-state index in [1.165, 1.54) is 22.2 Å².